The summed E-state index contributed by atoms with van der Waals surface area (Å²) in [5.74, 6) is -1.58. The van der Waals surface area contributed by atoms with Crippen molar-refractivity contribution in [3.05, 3.63) is 90.7 Å². The van der Waals surface area contributed by atoms with E-state index in [-0.39, 0.29) is 43.4 Å². The van der Waals surface area contributed by atoms with Gasteiger partial charge in [0, 0.05) is 46.0 Å². The highest BCUT2D eigenvalue weighted by Crippen LogP contribution is 2.27. The number of amides is 2. The molecule has 1 aliphatic rings. The van der Waals surface area contributed by atoms with Crippen LogP contribution in [0.15, 0.2) is 90.0 Å². The Morgan fingerprint density at radius 1 is 1.12 bits per heavy atom. The Balaban J connectivity index is 1.86. The minimum absolute atomic E-state index is 0.0170. The molecule has 14 heteroatoms. The van der Waals surface area contributed by atoms with Crippen LogP contribution in [-0.4, -0.2) is 75.6 Å². The zero-order valence-electron chi connectivity index (χ0n) is 23.8. The Morgan fingerprint density at radius 3 is 2.33 bits per heavy atom. The third-order valence-electron chi connectivity index (χ3n) is 6.57. The predicted molar refractivity (Wildman–Crippen MR) is 156 cm³/mol. The molecule has 1 heterocycles. The van der Waals surface area contributed by atoms with E-state index in [0.717, 1.165) is 39.8 Å². The lowest BCUT2D eigenvalue weighted by Crippen LogP contribution is -2.61. The Labute approximate surface area is 248 Å². The van der Waals surface area contributed by atoms with Crippen molar-refractivity contribution in [1.82, 2.24) is 14.5 Å². The van der Waals surface area contributed by atoms with Crippen LogP contribution in [0, 0.1) is 0 Å². The maximum atomic E-state index is 13.6. The van der Waals surface area contributed by atoms with E-state index in [9.17, 15) is 31.2 Å². The van der Waals surface area contributed by atoms with E-state index in [1.165, 1.54) is 23.3 Å². The second-order valence-electron chi connectivity index (χ2n) is 9.78. The fourth-order valence-electron chi connectivity index (χ4n) is 4.40. The molecular weight excluding hydrogens is 587 g/mol. The molecule has 0 aliphatic carbocycles. The molecule has 2 amide bonds. The smallest absolute Gasteiger partial charge is 0.406 e. The number of carbonyl (C=O) groups excluding carboxylic acids is 2. The van der Waals surface area contributed by atoms with Gasteiger partial charge in [-0.25, -0.2) is 8.42 Å². The summed E-state index contributed by atoms with van der Waals surface area (Å²) in [6, 6.07) is 9.78. The molecule has 3 rings (SSSR count). The van der Waals surface area contributed by atoms with Gasteiger partial charge in [-0.05, 0) is 59.8 Å². The molecule has 1 fully saturated rings. The van der Waals surface area contributed by atoms with Crippen LogP contribution in [0.2, 0.25) is 0 Å². The average molecular weight is 622 g/mol. The van der Waals surface area contributed by atoms with E-state index < -0.39 is 34.1 Å². The molecular formula is C29H34F3N5O5S. The van der Waals surface area contributed by atoms with Gasteiger partial charge in [0.2, 0.25) is 21.8 Å². The first-order chi connectivity index (χ1) is 20.2. The number of nitrogens with two attached hydrogens (primary N) is 1. The zero-order chi connectivity index (χ0) is 31.8. The Morgan fingerprint density at radius 2 is 1.77 bits per heavy atom. The highest BCUT2D eigenvalue weighted by Gasteiger charge is 2.41. The van der Waals surface area contributed by atoms with Gasteiger partial charge in [0.05, 0.1) is 11.3 Å². The van der Waals surface area contributed by atoms with Gasteiger partial charge in [-0.1, -0.05) is 30.9 Å². The van der Waals surface area contributed by atoms with E-state index >= 15 is 0 Å². The van der Waals surface area contributed by atoms with Gasteiger partial charge in [-0.3, -0.25) is 9.59 Å². The van der Waals surface area contributed by atoms with Crippen molar-refractivity contribution in [2.24, 2.45) is 5.73 Å². The average Bonchev–Trinajstić information content (AvgIpc) is 2.95. The minimum atomic E-state index is -4.94. The summed E-state index contributed by atoms with van der Waals surface area (Å²) in [7, 11) is -0.584. The van der Waals surface area contributed by atoms with Crippen LogP contribution < -0.4 is 20.7 Å². The number of nitrogens with one attached hydrogen (secondary N) is 1. The van der Waals surface area contributed by atoms with Crippen LogP contribution >= 0.6 is 0 Å². The highest BCUT2D eigenvalue weighted by molar-refractivity contribution is 7.89. The molecule has 1 aliphatic heterocycles. The topological polar surface area (TPSA) is 125 Å². The summed E-state index contributed by atoms with van der Waals surface area (Å²) in [4.78, 5) is 29.6. The van der Waals surface area contributed by atoms with Crippen LogP contribution in [0.25, 0.3) is 0 Å². The number of anilines is 1. The van der Waals surface area contributed by atoms with E-state index in [0.29, 0.717) is 5.57 Å². The Kier molecular flexibility index (Phi) is 11.0. The summed E-state index contributed by atoms with van der Waals surface area (Å²) in [6.07, 6.45) is 0.927. The van der Waals surface area contributed by atoms with Crippen molar-refractivity contribution in [1.29, 1.82) is 0 Å². The largest absolute Gasteiger partial charge is 0.573 e. The first kappa shape index (κ1) is 33.2. The number of alkyl halides is 3. The number of allylic oxidation sites excluding steroid dienone is 3. The van der Waals surface area contributed by atoms with Gasteiger partial charge >= 0.3 is 6.36 Å². The van der Waals surface area contributed by atoms with Crippen LogP contribution in [-0.2, 0) is 26.2 Å². The second-order valence-corrected chi connectivity index (χ2v) is 11.7. The standard InChI is InChI=1S/C29H34F3N5O5S/c1-4-5-21(14-15-33)18-27(38)36-16-17-37(43(40,41)25-12-10-24(11-13-25)42-29(30,31)32)26(20-36)28(39)34-19-22-6-8-23(9-7-22)35(2)3/h4-15,26H,1,16-20,33H2,2-3H3,(H,34,39)/b15-14-,21-5+/t26-/m1/s1. The molecule has 1 atom stereocenters. The van der Waals surface area contributed by atoms with E-state index in [2.05, 4.69) is 16.6 Å². The molecule has 0 unspecified atom stereocenters. The number of piperazine rings is 1. The van der Waals surface area contributed by atoms with Crippen LogP contribution in [0.3, 0.4) is 0 Å². The number of sulfonamides is 1. The van der Waals surface area contributed by atoms with E-state index in [1.807, 2.05) is 43.3 Å². The van der Waals surface area contributed by atoms with Crippen molar-refractivity contribution in [3.63, 3.8) is 0 Å². The van der Waals surface area contributed by atoms with Gasteiger partial charge < -0.3 is 25.6 Å². The fourth-order valence-corrected chi connectivity index (χ4v) is 5.97. The number of rotatable bonds is 11. The molecule has 232 valence electrons. The number of ether oxygens (including phenoxy) is 1. The number of halogens is 3. The number of nitrogens with zero attached hydrogens (tertiary/aromatic N) is 3. The minimum Gasteiger partial charge on any atom is -0.406 e. The van der Waals surface area contributed by atoms with E-state index in [1.54, 1.807) is 6.08 Å². The van der Waals surface area contributed by atoms with Crippen molar-refractivity contribution in [2.45, 2.75) is 30.3 Å². The first-order valence-corrected chi connectivity index (χ1v) is 14.6. The lowest BCUT2D eigenvalue weighted by Gasteiger charge is -2.39. The lowest BCUT2D eigenvalue weighted by atomic mass is 10.1. The number of benzene rings is 2. The van der Waals surface area contributed by atoms with Gasteiger partial charge in [0.25, 0.3) is 0 Å². The summed E-state index contributed by atoms with van der Waals surface area (Å²) in [5.41, 5.74) is 7.76. The maximum Gasteiger partial charge on any atom is 0.573 e. The molecule has 43 heavy (non-hydrogen) atoms. The fraction of sp³-hybridized carbons (Fsp3) is 0.310. The van der Waals surface area contributed by atoms with Crippen molar-refractivity contribution in [3.8, 4) is 5.75 Å². The van der Waals surface area contributed by atoms with Gasteiger partial charge in [-0.15, -0.1) is 13.2 Å². The first-order valence-electron chi connectivity index (χ1n) is 13.1. The van der Waals surface area contributed by atoms with Gasteiger partial charge in [-0.2, -0.15) is 4.31 Å². The monoisotopic (exact) mass is 621 g/mol. The predicted octanol–water partition coefficient (Wildman–Crippen LogP) is 3.14. The summed E-state index contributed by atoms with van der Waals surface area (Å²) in [5, 5.41) is 2.75. The van der Waals surface area contributed by atoms with Crippen LogP contribution in [0.5, 0.6) is 5.75 Å². The number of hydrogen-bond donors (Lipinski definition) is 2. The normalized spacial score (nSPS) is 16.6. The third kappa shape index (κ3) is 9.09. The zero-order valence-corrected chi connectivity index (χ0v) is 24.6. The second kappa shape index (κ2) is 14.2. The molecule has 2 aromatic rings. The van der Waals surface area contributed by atoms with Crippen LogP contribution in [0.4, 0.5) is 18.9 Å². The van der Waals surface area contributed by atoms with Gasteiger partial charge in [0.1, 0.15) is 11.8 Å². The summed E-state index contributed by atoms with van der Waals surface area (Å²) >= 11 is 0. The molecule has 1 saturated heterocycles. The molecule has 2 aromatic carbocycles. The van der Waals surface area contributed by atoms with Gasteiger partial charge in [0.15, 0.2) is 0 Å². The van der Waals surface area contributed by atoms with Crippen molar-refractivity contribution in [2.75, 3.05) is 38.6 Å². The molecule has 0 bridgehead atoms. The number of carbonyl (C=O) groups is 2. The molecule has 0 aromatic heterocycles. The number of hydrogen-bond acceptors (Lipinski definition) is 7. The van der Waals surface area contributed by atoms with E-state index in [4.69, 9.17) is 5.73 Å². The summed E-state index contributed by atoms with van der Waals surface area (Å²) in [6.45, 7) is 3.23. The third-order valence-corrected chi connectivity index (χ3v) is 8.49. The highest BCUT2D eigenvalue weighted by atomic mass is 32.2. The Hall–Kier alpha value is -4.30. The lowest BCUT2D eigenvalue weighted by molar-refractivity contribution is -0.274. The van der Waals surface area contributed by atoms with Crippen LogP contribution in [0.1, 0.15) is 12.0 Å². The Bertz CT molecular complexity index is 1460. The van der Waals surface area contributed by atoms with Crippen molar-refractivity contribution >= 4 is 27.5 Å². The molecule has 0 radical (unpaired) electrons. The summed E-state index contributed by atoms with van der Waals surface area (Å²) < 4.78 is 69.8. The molecule has 10 nitrogen and oxygen atoms in total. The maximum absolute atomic E-state index is 13.6. The SMILES string of the molecule is C=C/C=C(\C=C/N)CC(=O)N1CCN(S(=O)(=O)c2ccc(OC(F)(F)F)cc2)[C@@H](C(=O)NCc2ccc(N(C)C)cc2)C1. The van der Waals surface area contributed by atoms with Crippen molar-refractivity contribution < 1.29 is 35.9 Å². The molecule has 0 saturated carbocycles. The molecule has 0 spiro atoms. The quantitative estimate of drug-likeness (QED) is 0.370. The molecule has 3 N–H and O–H groups in total.